The van der Waals surface area contributed by atoms with Gasteiger partial charge in [-0.2, -0.15) is 0 Å². The van der Waals surface area contributed by atoms with E-state index in [2.05, 4.69) is 42.1 Å². The Kier molecular flexibility index (Phi) is 5.18. The van der Waals surface area contributed by atoms with Gasteiger partial charge >= 0.3 is 0 Å². The number of hydrogen-bond acceptors (Lipinski definition) is 4. The molecule has 1 aliphatic heterocycles. The van der Waals surface area contributed by atoms with Crippen LogP contribution in [0.4, 0.5) is 0 Å². The van der Waals surface area contributed by atoms with Crippen molar-refractivity contribution in [3.63, 3.8) is 0 Å². The molecule has 0 atom stereocenters. The molecule has 1 N–H and O–H groups in total. The van der Waals surface area contributed by atoms with Crippen LogP contribution in [0.2, 0.25) is 0 Å². The number of thiophene rings is 1. The highest BCUT2D eigenvalue weighted by molar-refractivity contribution is 7.12. The second-order valence-corrected chi connectivity index (χ2v) is 6.73. The lowest BCUT2D eigenvalue weighted by molar-refractivity contribution is 0.202. The lowest BCUT2D eigenvalue weighted by atomic mass is 10.2. The molecule has 0 bridgehead atoms. The van der Waals surface area contributed by atoms with Crippen molar-refractivity contribution in [2.75, 3.05) is 46.3 Å². The molecular weight excluding hydrogens is 242 g/mol. The zero-order valence-corrected chi connectivity index (χ0v) is 12.6. The van der Waals surface area contributed by atoms with Crippen LogP contribution in [-0.4, -0.2) is 56.1 Å². The number of aryl methyl sites for hydroxylation is 2. The molecule has 0 aliphatic carbocycles. The molecule has 1 saturated heterocycles. The number of rotatable bonds is 5. The summed E-state index contributed by atoms with van der Waals surface area (Å²) in [4.78, 5) is 7.90. The summed E-state index contributed by atoms with van der Waals surface area (Å²) in [6, 6.07) is 2.33. The number of hydrogen-bond donors (Lipinski definition) is 1. The fraction of sp³-hybridized carbons (Fsp3) is 0.714. The zero-order valence-electron chi connectivity index (χ0n) is 11.8. The standard InChI is InChI=1S/C14H25N3S/c1-12-10-14(13(2)18-12)11-16(3)8-9-17-6-4-15-5-7-17/h10,15H,4-9,11H2,1-3H3. The summed E-state index contributed by atoms with van der Waals surface area (Å²) in [5.41, 5.74) is 1.50. The average molecular weight is 267 g/mol. The minimum Gasteiger partial charge on any atom is -0.314 e. The fourth-order valence-corrected chi connectivity index (χ4v) is 3.40. The van der Waals surface area contributed by atoms with Crippen molar-refractivity contribution in [1.82, 2.24) is 15.1 Å². The fourth-order valence-electron chi connectivity index (χ4n) is 2.46. The maximum absolute atomic E-state index is 3.40. The zero-order chi connectivity index (χ0) is 13.0. The molecule has 0 saturated carbocycles. The number of nitrogens with zero attached hydrogens (tertiary/aromatic N) is 2. The first-order valence-electron chi connectivity index (χ1n) is 6.82. The second kappa shape index (κ2) is 6.66. The number of likely N-dealkylation sites (N-methyl/N-ethyl adjacent to an activating group) is 1. The molecule has 0 spiro atoms. The van der Waals surface area contributed by atoms with Gasteiger partial charge in [-0.3, -0.25) is 4.90 Å². The average Bonchev–Trinajstić information content (AvgIpc) is 2.67. The predicted molar refractivity (Wildman–Crippen MR) is 79.4 cm³/mol. The van der Waals surface area contributed by atoms with Crippen molar-refractivity contribution in [3.05, 3.63) is 21.4 Å². The smallest absolute Gasteiger partial charge is 0.0242 e. The lowest BCUT2D eigenvalue weighted by Gasteiger charge is -2.29. The summed E-state index contributed by atoms with van der Waals surface area (Å²) in [6.45, 7) is 12.6. The van der Waals surface area contributed by atoms with Crippen LogP contribution in [0.3, 0.4) is 0 Å². The lowest BCUT2D eigenvalue weighted by Crippen LogP contribution is -2.45. The van der Waals surface area contributed by atoms with E-state index in [1.54, 1.807) is 0 Å². The molecule has 1 aliphatic rings. The third kappa shape index (κ3) is 4.05. The van der Waals surface area contributed by atoms with E-state index >= 15 is 0 Å². The highest BCUT2D eigenvalue weighted by atomic mass is 32.1. The summed E-state index contributed by atoms with van der Waals surface area (Å²) in [5, 5.41) is 3.40. The third-order valence-corrected chi connectivity index (χ3v) is 4.60. The maximum atomic E-state index is 3.40. The predicted octanol–water partition coefficient (Wildman–Crippen LogP) is 1.70. The molecule has 3 nitrogen and oxygen atoms in total. The molecule has 4 heteroatoms. The molecule has 0 unspecified atom stereocenters. The molecule has 2 rings (SSSR count). The van der Waals surface area contributed by atoms with Crippen molar-refractivity contribution in [1.29, 1.82) is 0 Å². The van der Waals surface area contributed by atoms with Gasteiger partial charge in [-0.05, 0) is 32.5 Å². The molecule has 18 heavy (non-hydrogen) atoms. The van der Waals surface area contributed by atoms with Crippen molar-refractivity contribution < 1.29 is 0 Å². The van der Waals surface area contributed by atoms with Crippen molar-refractivity contribution in [2.45, 2.75) is 20.4 Å². The highest BCUT2D eigenvalue weighted by Gasteiger charge is 2.11. The highest BCUT2D eigenvalue weighted by Crippen LogP contribution is 2.21. The Hall–Kier alpha value is -0.420. The second-order valence-electron chi connectivity index (χ2n) is 5.27. The first kappa shape index (κ1) is 14.0. The molecule has 0 amide bonds. The molecular formula is C14H25N3S. The van der Waals surface area contributed by atoms with E-state index in [9.17, 15) is 0 Å². The Balaban J connectivity index is 1.74. The summed E-state index contributed by atoms with van der Waals surface area (Å²) < 4.78 is 0. The van der Waals surface area contributed by atoms with Crippen molar-refractivity contribution in [2.24, 2.45) is 0 Å². The first-order chi connectivity index (χ1) is 8.65. The molecule has 1 aromatic rings. The first-order valence-corrected chi connectivity index (χ1v) is 7.64. The van der Waals surface area contributed by atoms with Gasteiger partial charge in [0.25, 0.3) is 0 Å². The van der Waals surface area contributed by atoms with Gasteiger partial charge in [0.15, 0.2) is 0 Å². The summed E-state index contributed by atoms with van der Waals surface area (Å²) in [7, 11) is 2.23. The molecule has 1 fully saturated rings. The summed E-state index contributed by atoms with van der Waals surface area (Å²) in [6.07, 6.45) is 0. The Labute approximate surface area is 115 Å². The Bertz CT molecular complexity index is 369. The molecule has 0 radical (unpaired) electrons. The van der Waals surface area contributed by atoms with E-state index in [4.69, 9.17) is 0 Å². The van der Waals surface area contributed by atoms with Gasteiger partial charge in [-0.1, -0.05) is 0 Å². The Morgan fingerprint density at radius 1 is 1.33 bits per heavy atom. The van der Waals surface area contributed by atoms with Crippen LogP contribution in [0, 0.1) is 13.8 Å². The van der Waals surface area contributed by atoms with Gasteiger partial charge in [0.05, 0.1) is 0 Å². The van der Waals surface area contributed by atoms with E-state index in [0.717, 1.165) is 26.2 Å². The molecule has 0 aromatic carbocycles. The van der Waals surface area contributed by atoms with E-state index < -0.39 is 0 Å². The molecule has 102 valence electrons. The van der Waals surface area contributed by atoms with Crippen LogP contribution >= 0.6 is 11.3 Å². The monoisotopic (exact) mass is 267 g/mol. The normalized spacial score (nSPS) is 17.6. The largest absolute Gasteiger partial charge is 0.314 e. The number of nitrogens with one attached hydrogen (secondary N) is 1. The van der Waals surface area contributed by atoms with Gasteiger partial charge in [-0.15, -0.1) is 11.3 Å². The number of piperazine rings is 1. The Morgan fingerprint density at radius 3 is 2.67 bits per heavy atom. The van der Waals surface area contributed by atoms with E-state index in [0.29, 0.717) is 0 Å². The van der Waals surface area contributed by atoms with Crippen LogP contribution in [-0.2, 0) is 6.54 Å². The maximum Gasteiger partial charge on any atom is 0.0242 e. The van der Waals surface area contributed by atoms with Gasteiger partial charge in [0, 0.05) is 55.6 Å². The quantitative estimate of drug-likeness (QED) is 0.876. The van der Waals surface area contributed by atoms with Gasteiger partial charge in [0.2, 0.25) is 0 Å². The summed E-state index contributed by atoms with van der Waals surface area (Å²) >= 11 is 1.91. The molecule has 1 aromatic heterocycles. The van der Waals surface area contributed by atoms with Crippen LogP contribution in [0.1, 0.15) is 15.3 Å². The minimum atomic E-state index is 1.09. The van der Waals surface area contributed by atoms with Gasteiger partial charge < -0.3 is 10.2 Å². The van der Waals surface area contributed by atoms with Crippen LogP contribution in [0.25, 0.3) is 0 Å². The topological polar surface area (TPSA) is 18.5 Å². The minimum absolute atomic E-state index is 1.09. The van der Waals surface area contributed by atoms with E-state index in [1.807, 2.05) is 11.3 Å². The third-order valence-electron chi connectivity index (χ3n) is 3.59. The SMILES string of the molecule is Cc1cc(CN(C)CCN2CCNCC2)c(C)s1. The van der Waals surface area contributed by atoms with Gasteiger partial charge in [-0.25, -0.2) is 0 Å². The van der Waals surface area contributed by atoms with Crippen LogP contribution < -0.4 is 5.32 Å². The van der Waals surface area contributed by atoms with E-state index in [1.165, 1.54) is 35.0 Å². The van der Waals surface area contributed by atoms with Crippen LogP contribution in [0.15, 0.2) is 6.07 Å². The van der Waals surface area contributed by atoms with Gasteiger partial charge in [0.1, 0.15) is 0 Å². The molecule has 2 heterocycles. The van der Waals surface area contributed by atoms with Crippen molar-refractivity contribution >= 4 is 11.3 Å². The summed E-state index contributed by atoms with van der Waals surface area (Å²) in [5.74, 6) is 0. The Morgan fingerprint density at radius 2 is 2.06 bits per heavy atom. The van der Waals surface area contributed by atoms with E-state index in [-0.39, 0.29) is 0 Å². The van der Waals surface area contributed by atoms with Crippen LogP contribution in [0.5, 0.6) is 0 Å². The van der Waals surface area contributed by atoms with Crippen molar-refractivity contribution in [3.8, 4) is 0 Å².